The van der Waals surface area contributed by atoms with E-state index < -0.39 is 11.8 Å². The van der Waals surface area contributed by atoms with E-state index in [1.807, 2.05) is 24.3 Å². The number of esters is 1. The molecule has 4 rings (SSSR count). The minimum atomic E-state index is -0.691. The zero-order valence-corrected chi connectivity index (χ0v) is 17.4. The molecule has 1 heterocycles. The molecule has 4 nitrogen and oxygen atoms in total. The fourth-order valence-corrected chi connectivity index (χ4v) is 3.45. The number of rotatable bonds is 4. The van der Waals surface area contributed by atoms with Crippen molar-refractivity contribution in [2.75, 3.05) is 0 Å². The van der Waals surface area contributed by atoms with E-state index in [1.165, 1.54) is 29.8 Å². The average molecular weight is 416 g/mol. The minimum Gasteiger partial charge on any atom is -0.452 e. The molecule has 0 saturated heterocycles. The molecule has 0 saturated carbocycles. The average Bonchev–Trinajstić information content (AvgIpc) is 3.04. The maximum atomic E-state index is 13.4. The first-order chi connectivity index (χ1) is 14.8. The number of fused-ring (bicyclic) bond motifs is 1. The van der Waals surface area contributed by atoms with Crippen molar-refractivity contribution < 1.29 is 23.5 Å². The summed E-state index contributed by atoms with van der Waals surface area (Å²) in [6.07, 6.45) is 1.70. The van der Waals surface area contributed by atoms with Crippen LogP contribution in [0.4, 0.5) is 4.39 Å². The Kier molecular flexibility index (Phi) is 5.42. The summed E-state index contributed by atoms with van der Waals surface area (Å²) in [7, 11) is 0. The Balaban J connectivity index is 1.58. The SMILES string of the molecule is Cc1cc(OC(=O)c2cccc(F)c2)cc2c1C(=O)/C(=C/c1ccc(C(C)C)cc1)O2. The molecule has 156 valence electrons. The summed E-state index contributed by atoms with van der Waals surface area (Å²) in [6, 6.07) is 16.3. The Morgan fingerprint density at radius 3 is 2.48 bits per heavy atom. The fourth-order valence-electron chi connectivity index (χ4n) is 3.45. The van der Waals surface area contributed by atoms with Gasteiger partial charge in [-0.15, -0.1) is 0 Å². The normalized spacial score (nSPS) is 14.0. The fraction of sp³-hybridized carbons (Fsp3) is 0.154. The predicted molar refractivity (Wildman–Crippen MR) is 116 cm³/mol. The van der Waals surface area contributed by atoms with E-state index in [-0.39, 0.29) is 22.9 Å². The zero-order valence-electron chi connectivity index (χ0n) is 17.4. The summed E-state index contributed by atoms with van der Waals surface area (Å²) < 4.78 is 24.5. The van der Waals surface area contributed by atoms with Crippen LogP contribution in [0.3, 0.4) is 0 Å². The number of hydrogen-bond donors (Lipinski definition) is 0. The van der Waals surface area contributed by atoms with Crippen molar-refractivity contribution in [2.24, 2.45) is 0 Å². The monoisotopic (exact) mass is 416 g/mol. The minimum absolute atomic E-state index is 0.0978. The molecule has 0 atom stereocenters. The number of ether oxygens (including phenoxy) is 2. The van der Waals surface area contributed by atoms with Crippen LogP contribution in [0.25, 0.3) is 6.08 Å². The number of hydrogen-bond acceptors (Lipinski definition) is 4. The topological polar surface area (TPSA) is 52.6 Å². The quantitative estimate of drug-likeness (QED) is 0.293. The third-order valence-corrected chi connectivity index (χ3v) is 5.12. The maximum Gasteiger partial charge on any atom is 0.343 e. The van der Waals surface area contributed by atoms with Gasteiger partial charge in [0.15, 0.2) is 5.76 Å². The van der Waals surface area contributed by atoms with Crippen molar-refractivity contribution in [3.05, 3.63) is 100 Å². The van der Waals surface area contributed by atoms with Crippen molar-refractivity contribution >= 4 is 17.8 Å². The van der Waals surface area contributed by atoms with Crippen molar-refractivity contribution in [2.45, 2.75) is 26.7 Å². The molecular formula is C26H21FO4. The number of allylic oxidation sites excluding steroid dienone is 1. The lowest BCUT2D eigenvalue weighted by Gasteiger charge is -2.08. The second-order valence-corrected chi connectivity index (χ2v) is 7.77. The lowest BCUT2D eigenvalue weighted by Crippen LogP contribution is -2.09. The Bertz CT molecular complexity index is 1210. The number of benzene rings is 3. The zero-order chi connectivity index (χ0) is 22.1. The van der Waals surface area contributed by atoms with Crippen LogP contribution in [0.15, 0.2) is 66.4 Å². The molecular weight excluding hydrogens is 395 g/mol. The molecule has 1 aliphatic heterocycles. The molecule has 3 aromatic carbocycles. The Morgan fingerprint density at radius 1 is 1.06 bits per heavy atom. The Hall–Kier alpha value is -3.73. The van der Waals surface area contributed by atoms with Crippen LogP contribution in [0.1, 0.15) is 57.2 Å². The van der Waals surface area contributed by atoms with Gasteiger partial charge in [0.2, 0.25) is 5.78 Å². The molecule has 0 aliphatic carbocycles. The van der Waals surface area contributed by atoms with Crippen LogP contribution in [0, 0.1) is 12.7 Å². The first-order valence-electron chi connectivity index (χ1n) is 9.98. The largest absolute Gasteiger partial charge is 0.452 e. The highest BCUT2D eigenvalue weighted by atomic mass is 19.1. The molecule has 31 heavy (non-hydrogen) atoms. The molecule has 0 aromatic heterocycles. The van der Waals surface area contributed by atoms with Crippen LogP contribution in [-0.2, 0) is 0 Å². The molecule has 0 unspecified atom stereocenters. The van der Waals surface area contributed by atoms with Crippen molar-refractivity contribution in [3.63, 3.8) is 0 Å². The van der Waals surface area contributed by atoms with Crippen molar-refractivity contribution in [1.82, 2.24) is 0 Å². The van der Waals surface area contributed by atoms with Gasteiger partial charge in [-0.2, -0.15) is 0 Å². The molecule has 0 spiro atoms. The highest BCUT2D eigenvalue weighted by molar-refractivity contribution is 6.15. The second kappa shape index (κ2) is 8.19. The van der Waals surface area contributed by atoms with E-state index in [2.05, 4.69) is 13.8 Å². The molecule has 0 fully saturated rings. The summed E-state index contributed by atoms with van der Waals surface area (Å²) in [5.41, 5.74) is 3.24. The van der Waals surface area contributed by atoms with Gasteiger partial charge in [0.1, 0.15) is 17.3 Å². The predicted octanol–water partition coefficient (Wildman–Crippen LogP) is 6.09. The highest BCUT2D eigenvalue weighted by Crippen LogP contribution is 2.37. The lowest BCUT2D eigenvalue weighted by molar-refractivity contribution is 0.0734. The number of ketones is 1. The van der Waals surface area contributed by atoms with Gasteiger partial charge in [-0.1, -0.05) is 44.2 Å². The summed E-state index contributed by atoms with van der Waals surface area (Å²) >= 11 is 0. The molecule has 3 aromatic rings. The highest BCUT2D eigenvalue weighted by Gasteiger charge is 2.30. The van der Waals surface area contributed by atoms with Gasteiger partial charge in [-0.05, 0) is 59.9 Å². The van der Waals surface area contributed by atoms with Crippen LogP contribution in [0.2, 0.25) is 0 Å². The summed E-state index contributed by atoms with van der Waals surface area (Å²) in [4.78, 5) is 25.2. The van der Waals surface area contributed by atoms with E-state index in [4.69, 9.17) is 9.47 Å². The summed E-state index contributed by atoms with van der Waals surface area (Å²) in [5.74, 6) is -0.245. The van der Waals surface area contributed by atoms with E-state index >= 15 is 0 Å². The van der Waals surface area contributed by atoms with Gasteiger partial charge < -0.3 is 9.47 Å². The lowest BCUT2D eigenvalue weighted by atomic mass is 10.0. The van der Waals surface area contributed by atoms with E-state index in [9.17, 15) is 14.0 Å². The third-order valence-electron chi connectivity index (χ3n) is 5.12. The van der Waals surface area contributed by atoms with E-state index in [0.717, 1.165) is 11.6 Å². The molecule has 1 aliphatic rings. The smallest absolute Gasteiger partial charge is 0.343 e. The van der Waals surface area contributed by atoms with E-state index in [1.54, 1.807) is 19.1 Å². The summed E-state index contributed by atoms with van der Waals surface area (Å²) in [6.45, 7) is 5.99. The van der Waals surface area contributed by atoms with Crippen LogP contribution in [0.5, 0.6) is 11.5 Å². The van der Waals surface area contributed by atoms with Gasteiger partial charge in [0.25, 0.3) is 0 Å². The standard InChI is InChI=1S/C26H21FO4/c1-15(2)18-9-7-17(8-10-18)12-23-25(28)24-16(3)11-21(14-22(24)31-23)30-26(29)19-5-4-6-20(27)13-19/h4-15H,1-3H3/b23-12-. The van der Waals surface area contributed by atoms with Crippen LogP contribution >= 0.6 is 0 Å². The molecule has 5 heteroatoms. The van der Waals surface area contributed by atoms with E-state index in [0.29, 0.717) is 22.8 Å². The molecule has 0 amide bonds. The van der Waals surface area contributed by atoms with Gasteiger partial charge in [-0.25, -0.2) is 9.18 Å². The number of carbonyl (C=O) groups excluding carboxylic acids is 2. The molecule has 0 bridgehead atoms. The van der Waals surface area contributed by atoms with Crippen LogP contribution < -0.4 is 9.47 Å². The number of aryl methyl sites for hydroxylation is 1. The van der Waals surface area contributed by atoms with Crippen molar-refractivity contribution in [3.8, 4) is 11.5 Å². The third kappa shape index (κ3) is 4.26. The maximum absolute atomic E-state index is 13.4. The summed E-state index contributed by atoms with van der Waals surface area (Å²) in [5, 5.41) is 0. The van der Waals surface area contributed by atoms with Gasteiger partial charge >= 0.3 is 5.97 Å². The van der Waals surface area contributed by atoms with Gasteiger partial charge in [0, 0.05) is 6.07 Å². The first kappa shape index (κ1) is 20.5. The Morgan fingerprint density at radius 2 is 1.81 bits per heavy atom. The number of carbonyl (C=O) groups is 2. The molecule has 0 radical (unpaired) electrons. The molecule has 0 N–H and O–H groups in total. The first-order valence-corrected chi connectivity index (χ1v) is 9.98. The second-order valence-electron chi connectivity index (χ2n) is 7.77. The van der Waals surface area contributed by atoms with Gasteiger partial charge in [-0.3, -0.25) is 4.79 Å². The van der Waals surface area contributed by atoms with Crippen LogP contribution in [-0.4, -0.2) is 11.8 Å². The van der Waals surface area contributed by atoms with Gasteiger partial charge in [0.05, 0.1) is 11.1 Å². The van der Waals surface area contributed by atoms with Crippen molar-refractivity contribution in [1.29, 1.82) is 0 Å². The number of Topliss-reactive ketones (excluding diaryl/α,β-unsaturated/α-hetero) is 1. The Labute approximate surface area is 179 Å². The number of halogens is 1.